The van der Waals surface area contributed by atoms with Crippen LogP contribution in [-0.2, 0) is 0 Å². The maximum Gasteiger partial charge on any atom is 0.174 e. The molecule has 0 amide bonds. The van der Waals surface area contributed by atoms with Crippen molar-refractivity contribution in [2.24, 2.45) is 0 Å². The van der Waals surface area contributed by atoms with Gasteiger partial charge in [0, 0.05) is 30.8 Å². The molecule has 0 bridgehead atoms. The highest BCUT2D eigenvalue weighted by Gasteiger charge is 2.28. The van der Waals surface area contributed by atoms with Crippen LogP contribution in [0.1, 0.15) is 34.6 Å². The zero-order chi connectivity index (χ0) is 13.9. The topological polar surface area (TPSA) is 46.1 Å². The fraction of sp³-hybridized carbons (Fsp3) is 0.400. The number of rotatable bonds is 4. The normalized spacial score (nSPS) is 18.4. The number of thiophene rings is 1. The fourth-order valence-electron chi connectivity index (χ4n) is 2.70. The second kappa shape index (κ2) is 5.71. The Labute approximate surface area is 122 Å². The van der Waals surface area contributed by atoms with Gasteiger partial charge < -0.3 is 4.90 Å². The number of hydrogen-bond acceptors (Lipinski definition) is 5. The molecule has 0 N–H and O–H groups in total. The molecule has 3 heterocycles. The van der Waals surface area contributed by atoms with Crippen LogP contribution in [0.4, 0.5) is 5.82 Å². The molecule has 0 spiro atoms. The number of carbonyl (C=O) groups is 1. The van der Waals surface area contributed by atoms with Gasteiger partial charge >= 0.3 is 0 Å². The largest absolute Gasteiger partial charge is 0.353 e. The summed E-state index contributed by atoms with van der Waals surface area (Å²) in [6.45, 7) is 2.94. The van der Waals surface area contributed by atoms with Crippen LogP contribution in [0.5, 0.6) is 0 Å². The van der Waals surface area contributed by atoms with E-state index in [9.17, 15) is 4.79 Å². The van der Waals surface area contributed by atoms with E-state index in [1.165, 1.54) is 11.3 Å². The van der Waals surface area contributed by atoms with Crippen molar-refractivity contribution in [1.82, 2.24) is 9.97 Å². The van der Waals surface area contributed by atoms with Gasteiger partial charge in [-0.3, -0.25) is 4.79 Å². The molecule has 1 atom stereocenters. The average Bonchev–Trinajstić information content (AvgIpc) is 3.09. The summed E-state index contributed by atoms with van der Waals surface area (Å²) in [5, 5.41) is 1.95. The number of anilines is 1. The monoisotopic (exact) mass is 287 g/mol. The van der Waals surface area contributed by atoms with Gasteiger partial charge in [-0.1, -0.05) is 6.07 Å². The van der Waals surface area contributed by atoms with E-state index in [4.69, 9.17) is 0 Å². The molecule has 1 aliphatic heterocycles. The van der Waals surface area contributed by atoms with E-state index in [1.807, 2.05) is 30.5 Å². The Kier molecular flexibility index (Phi) is 3.78. The Bertz CT molecular complexity index is 597. The van der Waals surface area contributed by atoms with Crippen LogP contribution >= 0.6 is 11.3 Å². The van der Waals surface area contributed by atoms with Crippen LogP contribution in [0.2, 0.25) is 0 Å². The maximum absolute atomic E-state index is 12.3. The third-order valence-corrected chi connectivity index (χ3v) is 4.59. The van der Waals surface area contributed by atoms with Crippen LogP contribution in [0.3, 0.4) is 0 Å². The number of aryl methyl sites for hydroxylation is 1. The highest BCUT2D eigenvalue weighted by atomic mass is 32.1. The first-order chi connectivity index (χ1) is 9.74. The summed E-state index contributed by atoms with van der Waals surface area (Å²) in [5.74, 6) is 1.18. The summed E-state index contributed by atoms with van der Waals surface area (Å²) in [7, 11) is 0. The number of ketones is 1. The van der Waals surface area contributed by atoms with E-state index in [0.717, 1.165) is 35.8 Å². The number of nitrogens with zero attached hydrogens (tertiary/aromatic N) is 3. The van der Waals surface area contributed by atoms with E-state index >= 15 is 0 Å². The average molecular weight is 287 g/mol. The number of hydrogen-bond donors (Lipinski definition) is 0. The molecule has 4 nitrogen and oxygen atoms in total. The van der Waals surface area contributed by atoms with Crippen molar-refractivity contribution in [3.63, 3.8) is 0 Å². The number of carbonyl (C=O) groups excluding carboxylic acids is 1. The van der Waals surface area contributed by atoms with Crippen molar-refractivity contribution in [1.29, 1.82) is 0 Å². The van der Waals surface area contributed by atoms with Crippen LogP contribution in [-0.4, -0.2) is 28.3 Å². The van der Waals surface area contributed by atoms with Gasteiger partial charge in [0.05, 0.1) is 4.88 Å². The Morgan fingerprint density at radius 2 is 2.40 bits per heavy atom. The van der Waals surface area contributed by atoms with Crippen molar-refractivity contribution in [2.45, 2.75) is 32.2 Å². The highest BCUT2D eigenvalue weighted by molar-refractivity contribution is 7.12. The van der Waals surface area contributed by atoms with E-state index < -0.39 is 0 Å². The predicted molar refractivity (Wildman–Crippen MR) is 80.4 cm³/mol. The molecule has 1 fully saturated rings. The minimum Gasteiger partial charge on any atom is -0.353 e. The smallest absolute Gasteiger partial charge is 0.174 e. The van der Waals surface area contributed by atoms with Crippen molar-refractivity contribution in [3.05, 3.63) is 40.5 Å². The van der Waals surface area contributed by atoms with E-state index in [0.29, 0.717) is 6.42 Å². The molecule has 0 radical (unpaired) electrons. The highest BCUT2D eigenvalue weighted by Crippen LogP contribution is 2.27. The van der Waals surface area contributed by atoms with Gasteiger partial charge in [-0.25, -0.2) is 9.97 Å². The van der Waals surface area contributed by atoms with Gasteiger partial charge in [0.2, 0.25) is 0 Å². The van der Waals surface area contributed by atoms with Crippen LogP contribution in [0.15, 0.2) is 29.9 Å². The van der Waals surface area contributed by atoms with E-state index in [2.05, 4.69) is 14.9 Å². The first-order valence-corrected chi connectivity index (χ1v) is 7.74. The molecule has 0 aliphatic carbocycles. The predicted octanol–water partition coefficient (Wildman–Crippen LogP) is 3.09. The molecule has 0 aromatic carbocycles. The van der Waals surface area contributed by atoms with Crippen molar-refractivity contribution in [2.75, 3.05) is 11.4 Å². The van der Waals surface area contributed by atoms with Gasteiger partial charge in [-0.2, -0.15) is 0 Å². The van der Waals surface area contributed by atoms with E-state index in [1.54, 1.807) is 6.33 Å². The molecule has 0 saturated carbocycles. The minimum absolute atomic E-state index is 0.239. The molecule has 1 aliphatic rings. The van der Waals surface area contributed by atoms with Gasteiger partial charge in [0.1, 0.15) is 12.1 Å². The maximum atomic E-state index is 12.3. The molecular formula is C15H17N3OS. The fourth-order valence-corrected chi connectivity index (χ4v) is 3.37. The lowest BCUT2D eigenvalue weighted by Crippen LogP contribution is -2.31. The van der Waals surface area contributed by atoms with Crippen LogP contribution < -0.4 is 4.90 Å². The molecule has 20 heavy (non-hydrogen) atoms. The summed E-state index contributed by atoms with van der Waals surface area (Å²) in [6, 6.07) is 6.09. The summed E-state index contributed by atoms with van der Waals surface area (Å²) in [4.78, 5) is 23.8. The Hall–Kier alpha value is -1.75. The van der Waals surface area contributed by atoms with E-state index in [-0.39, 0.29) is 11.8 Å². The van der Waals surface area contributed by atoms with Crippen molar-refractivity contribution < 1.29 is 4.79 Å². The Balaban J connectivity index is 1.74. The summed E-state index contributed by atoms with van der Waals surface area (Å²) < 4.78 is 0. The second-order valence-electron chi connectivity index (χ2n) is 5.11. The van der Waals surface area contributed by atoms with Crippen LogP contribution in [0.25, 0.3) is 0 Å². The number of aromatic nitrogens is 2. The third-order valence-electron chi connectivity index (χ3n) is 3.68. The molecule has 5 heteroatoms. The SMILES string of the molecule is Cc1cc(N2CCC[C@H]2CC(=O)c2cccs2)ncn1. The molecule has 104 valence electrons. The quantitative estimate of drug-likeness (QED) is 0.811. The molecule has 2 aromatic heterocycles. The lowest BCUT2D eigenvalue weighted by molar-refractivity contribution is 0.0978. The summed E-state index contributed by atoms with van der Waals surface area (Å²) in [5.41, 5.74) is 0.963. The lowest BCUT2D eigenvalue weighted by Gasteiger charge is -2.25. The van der Waals surface area contributed by atoms with Crippen LogP contribution in [0, 0.1) is 6.92 Å². The van der Waals surface area contributed by atoms with Crippen molar-refractivity contribution in [3.8, 4) is 0 Å². The first-order valence-electron chi connectivity index (χ1n) is 6.86. The van der Waals surface area contributed by atoms with Crippen molar-refractivity contribution >= 4 is 22.9 Å². The number of Topliss-reactive ketones (excluding diaryl/α,β-unsaturated/α-hetero) is 1. The summed E-state index contributed by atoms with van der Waals surface area (Å²) >= 11 is 1.52. The second-order valence-corrected chi connectivity index (χ2v) is 6.06. The van der Waals surface area contributed by atoms with Gasteiger partial charge in [0.25, 0.3) is 0 Å². The molecule has 3 rings (SSSR count). The molecule has 2 aromatic rings. The first kappa shape index (κ1) is 13.2. The van der Waals surface area contributed by atoms with Gasteiger partial charge in [-0.05, 0) is 31.2 Å². The molecule has 1 saturated heterocycles. The lowest BCUT2D eigenvalue weighted by atomic mass is 10.1. The third kappa shape index (κ3) is 2.72. The summed E-state index contributed by atoms with van der Waals surface area (Å²) in [6.07, 6.45) is 4.34. The molecule has 0 unspecified atom stereocenters. The van der Waals surface area contributed by atoms with Gasteiger partial charge in [0.15, 0.2) is 5.78 Å². The Morgan fingerprint density at radius 1 is 1.50 bits per heavy atom. The zero-order valence-electron chi connectivity index (χ0n) is 11.5. The zero-order valence-corrected chi connectivity index (χ0v) is 12.3. The minimum atomic E-state index is 0.239. The molecular weight excluding hydrogens is 270 g/mol. The Morgan fingerprint density at radius 3 is 3.15 bits per heavy atom. The standard InChI is InChI=1S/C15H17N3OS/c1-11-8-15(17-10-16-11)18-6-2-4-12(18)9-13(19)14-5-3-7-20-14/h3,5,7-8,10,12H,2,4,6,9H2,1H3/t12-/m0/s1. The van der Waals surface area contributed by atoms with Gasteiger partial charge in [-0.15, -0.1) is 11.3 Å².